The van der Waals surface area contributed by atoms with E-state index in [2.05, 4.69) is 19.1 Å². The van der Waals surface area contributed by atoms with Crippen LogP contribution in [-0.4, -0.2) is 59.6 Å². The average Bonchev–Trinajstić information content (AvgIpc) is 2.75. The van der Waals surface area contributed by atoms with Crippen LogP contribution in [0.3, 0.4) is 0 Å². The second-order valence-corrected chi connectivity index (χ2v) is 8.79. The van der Waals surface area contributed by atoms with E-state index in [1.807, 2.05) is 0 Å². The van der Waals surface area contributed by atoms with Crippen molar-refractivity contribution in [2.75, 3.05) is 19.8 Å². The number of ether oxygens (including phenoxy) is 2. The van der Waals surface area contributed by atoms with Crippen LogP contribution >= 0.6 is 0 Å². The lowest BCUT2D eigenvalue weighted by atomic mass is 10.0. The van der Waals surface area contributed by atoms with Gasteiger partial charge >= 0.3 is 0 Å². The number of aliphatic hydroxyl groups is 3. The zero-order valence-electron chi connectivity index (χ0n) is 19.4. The van der Waals surface area contributed by atoms with Crippen molar-refractivity contribution in [3.63, 3.8) is 0 Å². The van der Waals surface area contributed by atoms with Gasteiger partial charge in [-0.2, -0.15) is 0 Å². The lowest BCUT2D eigenvalue weighted by Gasteiger charge is -2.35. The SMILES string of the molecule is CCC/C=C/CCCCCCCCCCCCCCOC[C@@H]1OC[C@@H](O)[C@H](O)[C@H]1O. The highest BCUT2D eigenvalue weighted by atomic mass is 16.6. The highest BCUT2D eigenvalue weighted by molar-refractivity contribution is 4.86. The van der Waals surface area contributed by atoms with Gasteiger partial charge < -0.3 is 24.8 Å². The summed E-state index contributed by atoms with van der Waals surface area (Å²) in [5.74, 6) is 0. The Hall–Kier alpha value is -0.460. The van der Waals surface area contributed by atoms with E-state index in [9.17, 15) is 15.3 Å². The zero-order valence-corrected chi connectivity index (χ0v) is 19.4. The Kier molecular flexibility index (Phi) is 17.7. The molecular formula is C25H48O5. The number of rotatable bonds is 19. The molecule has 30 heavy (non-hydrogen) atoms. The maximum Gasteiger partial charge on any atom is 0.111 e. The molecule has 4 atom stereocenters. The van der Waals surface area contributed by atoms with Crippen molar-refractivity contribution in [1.29, 1.82) is 0 Å². The topological polar surface area (TPSA) is 79.2 Å². The molecule has 1 heterocycles. The van der Waals surface area contributed by atoms with Gasteiger partial charge in [0.25, 0.3) is 0 Å². The predicted octanol–water partition coefficient (Wildman–Crippen LogP) is 4.91. The van der Waals surface area contributed by atoms with Crippen LogP contribution in [0.4, 0.5) is 0 Å². The maximum atomic E-state index is 9.84. The van der Waals surface area contributed by atoms with E-state index in [1.165, 1.54) is 89.9 Å². The molecular weight excluding hydrogens is 380 g/mol. The minimum Gasteiger partial charge on any atom is -0.388 e. The number of allylic oxidation sites excluding steroid dienone is 2. The fraction of sp³-hybridized carbons (Fsp3) is 0.920. The lowest BCUT2D eigenvalue weighted by Crippen LogP contribution is -2.54. The van der Waals surface area contributed by atoms with Crippen LogP contribution in [0.2, 0.25) is 0 Å². The summed E-state index contributed by atoms with van der Waals surface area (Å²) >= 11 is 0. The van der Waals surface area contributed by atoms with Crippen molar-refractivity contribution in [1.82, 2.24) is 0 Å². The summed E-state index contributed by atoms with van der Waals surface area (Å²) in [7, 11) is 0. The van der Waals surface area contributed by atoms with E-state index >= 15 is 0 Å². The number of hydrogen-bond acceptors (Lipinski definition) is 5. The molecule has 0 saturated carbocycles. The molecule has 5 heteroatoms. The molecule has 0 aromatic heterocycles. The van der Waals surface area contributed by atoms with Gasteiger partial charge in [-0.3, -0.25) is 0 Å². The third-order valence-corrected chi connectivity index (χ3v) is 5.92. The molecule has 1 aliphatic heterocycles. The second-order valence-electron chi connectivity index (χ2n) is 8.79. The first-order valence-electron chi connectivity index (χ1n) is 12.5. The van der Waals surface area contributed by atoms with E-state index in [0.717, 1.165) is 6.42 Å². The molecule has 0 bridgehead atoms. The van der Waals surface area contributed by atoms with Gasteiger partial charge in [0.15, 0.2) is 0 Å². The molecule has 0 amide bonds. The fourth-order valence-corrected chi connectivity index (χ4v) is 3.85. The summed E-state index contributed by atoms with van der Waals surface area (Å²) in [5, 5.41) is 28.9. The fourth-order valence-electron chi connectivity index (χ4n) is 3.85. The molecule has 0 aromatic rings. The molecule has 0 unspecified atom stereocenters. The molecule has 1 fully saturated rings. The van der Waals surface area contributed by atoms with E-state index in [-0.39, 0.29) is 13.2 Å². The first-order valence-corrected chi connectivity index (χ1v) is 12.5. The van der Waals surface area contributed by atoms with Gasteiger partial charge in [0.05, 0.1) is 13.2 Å². The van der Waals surface area contributed by atoms with Crippen LogP contribution < -0.4 is 0 Å². The first kappa shape index (κ1) is 27.6. The minimum atomic E-state index is -1.15. The van der Waals surface area contributed by atoms with Crippen LogP contribution in [0.15, 0.2) is 12.2 Å². The molecule has 178 valence electrons. The van der Waals surface area contributed by atoms with Gasteiger partial charge in [-0.1, -0.05) is 89.7 Å². The maximum absolute atomic E-state index is 9.84. The van der Waals surface area contributed by atoms with Crippen molar-refractivity contribution in [3.8, 4) is 0 Å². The van der Waals surface area contributed by atoms with Crippen molar-refractivity contribution in [2.24, 2.45) is 0 Å². The Balaban J connectivity index is 1.76. The predicted molar refractivity (Wildman–Crippen MR) is 123 cm³/mol. The molecule has 3 N–H and O–H groups in total. The van der Waals surface area contributed by atoms with E-state index < -0.39 is 24.4 Å². The molecule has 0 radical (unpaired) electrons. The quantitative estimate of drug-likeness (QED) is 0.201. The summed E-state index contributed by atoms with van der Waals surface area (Å²) in [4.78, 5) is 0. The van der Waals surface area contributed by atoms with Crippen LogP contribution in [0, 0.1) is 0 Å². The van der Waals surface area contributed by atoms with Gasteiger partial charge in [0.2, 0.25) is 0 Å². The largest absolute Gasteiger partial charge is 0.388 e. The highest BCUT2D eigenvalue weighted by Gasteiger charge is 2.37. The van der Waals surface area contributed by atoms with Crippen molar-refractivity contribution < 1.29 is 24.8 Å². The summed E-state index contributed by atoms with van der Waals surface area (Å²) < 4.78 is 10.9. The zero-order chi connectivity index (χ0) is 21.9. The Morgan fingerprint density at radius 2 is 1.27 bits per heavy atom. The van der Waals surface area contributed by atoms with Crippen molar-refractivity contribution in [3.05, 3.63) is 12.2 Å². The first-order chi connectivity index (χ1) is 14.7. The Morgan fingerprint density at radius 1 is 0.733 bits per heavy atom. The summed E-state index contributed by atoms with van der Waals surface area (Å²) in [6, 6.07) is 0. The number of hydrogen-bond donors (Lipinski definition) is 3. The van der Waals surface area contributed by atoms with Crippen LogP contribution in [0.1, 0.15) is 103 Å². The summed E-state index contributed by atoms with van der Waals surface area (Å²) in [6.45, 7) is 3.19. The van der Waals surface area contributed by atoms with Gasteiger partial charge in [-0.25, -0.2) is 0 Å². The van der Waals surface area contributed by atoms with Gasteiger partial charge in [-0.05, 0) is 25.7 Å². The normalized spacial score (nSPS) is 24.7. The van der Waals surface area contributed by atoms with E-state index in [0.29, 0.717) is 6.61 Å². The Bertz CT molecular complexity index is 401. The molecule has 1 aliphatic rings. The molecule has 5 nitrogen and oxygen atoms in total. The molecule has 0 spiro atoms. The van der Waals surface area contributed by atoms with Crippen LogP contribution in [0.25, 0.3) is 0 Å². The Morgan fingerprint density at radius 3 is 1.87 bits per heavy atom. The lowest BCUT2D eigenvalue weighted by molar-refractivity contribution is -0.199. The van der Waals surface area contributed by atoms with Crippen LogP contribution in [-0.2, 0) is 9.47 Å². The molecule has 1 rings (SSSR count). The van der Waals surface area contributed by atoms with Crippen molar-refractivity contribution >= 4 is 0 Å². The van der Waals surface area contributed by atoms with E-state index in [1.54, 1.807) is 0 Å². The standard InChI is InChI=1S/C25H48O5/c1-2-3-4-5-6-7-8-9-10-11-12-13-14-15-16-17-18-19-29-21-23-25(28)24(27)22(26)20-30-23/h4-5,22-28H,2-3,6-21H2,1H3/b5-4+/t22-,23+,24+,25+/m1/s1. The highest BCUT2D eigenvalue weighted by Crippen LogP contribution is 2.16. The van der Waals surface area contributed by atoms with E-state index in [4.69, 9.17) is 9.47 Å². The molecule has 0 aliphatic carbocycles. The van der Waals surface area contributed by atoms with Gasteiger partial charge in [0.1, 0.15) is 24.4 Å². The average molecular weight is 429 g/mol. The van der Waals surface area contributed by atoms with Crippen LogP contribution in [0.5, 0.6) is 0 Å². The molecule has 1 saturated heterocycles. The minimum absolute atomic E-state index is 0.0446. The van der Waals surface area contributed by atoms with Gasteiger partial charge in [-0.15, -0.1) is 0 Å². The smallest absolute Gasteiger partial charge is 0.111 e. The monoisotopic (exact) mass is 428 g/mol. The Labute approximate surface area is 184 Å². The second kappa shape index (κ2) is 19.2. The summed E-state index contributed by atoms with van der Waals surface area (Å²) in [5.41, 5.74) is 0. The molecule has 0 aromatic carbocycles. The number of unbranched alkanes of at least 4 members (excludes halogenated alkanes) is 13. The number of aliphatic hydroxyl groups excluding tert-OH is 3. The summed E-state index contributed by atoms with van der Waals surface area (Å²) in [6.07, 6.45) is 20.4. The third kappa shape index (κ3) is 13.8. The van der Waals surface area contributed by atoms with Crippen molar-refractivity contribution in [2.45, 2.75) is 128 Å². The van der Waals surface area contributed by atoms with Gasteiger partial charge in [0, 0.05) is 6.61 Å². The third-order valence-electron chi connectivity index (χ3n) is 5.92.